The summed E-state index contributed by atoms with van der Waals surface area (Å²) in [7, 11) is 1.66. The fraction of sp³-hybridized carbons (Fsp3) is 0.429. The topological polar surface area (TPSA) is 96.3 Å². The van der Waals surface area contributed by atoms with Gasteiger partial charge in [0.15, 0.2) is 5.60 Å². The summed E-state index contributed by atoms with van der Waals surface area (Å²) in [5.74, 6) is -0.865. The lowest BCUT2D eigenvalue weighted by molar-refractivity contribution is -0.139. The number of hydrogen-bond acceptors (Lipinski definition) is 6. The highest BCUT2D eigenvalue weighted by Gasteiger charge is 2.55. The number of benzene rings is 2. The molecule has 190 valence electrons. The minimum Gasteiger partial charge on any atom is -0.396 e. The molecule has 0 aliphatic carbocycles. The van der Waals surface area contributed by atoms with Crippen molar-refractivity contribution in [3.8, 4) is 0 Å². The third-order valence-electron chi connectivity index (χ3n) is 8.02. The number of rotatable bonds is 6. The van der Waals surface area contributed by atoms with Crippen molar-refractivity contribution < 1.29 is 19.8 Å². The van der Waals surface area contributed by atoms with Gasteiger partial charge in [0.05, 0.1) is 12.4 Å². The normalized spacial score (nSPS) is 24.3. The second-order valence-corrected chi connectivity index (χ2v) is 9.98. The molecule has 2 atom stereocenters. The minimum atomic E-state index is -1.75. The van der Waals surface area contributed by atoms with E-state index in [1.807, 2.05) is 42.5 Å². The number of fused-ring (bicyclic) bond motifs is 1. The Morgan fingerprint density at radius 1 is 1.06 bits per heavy atom. The molecule has 2 aromatic rings. The zero-order valence-electron chi connectivity index (χ0n) is 20.9. The van der Waals surface area contributed by atoms with Gasteiger partial charge in [-0.2, -0.15) is 0 Å². The Kier molecular flexibility index (Phi) is 6.36. The Hall–Kier alpha value is -3.20. The van der Waals surface area contributed by atoms with E-state index in [9.17, 15) is 14.7 Å². The van der Waals surface area contributed by atoms with Gasteiger partial charge in [-0.1, -0.05) is 37.3 Å². The largest absolute Gasteiger partial charge is 0.396 e. The van der Waals surface area contributed by atoms with Crippen LogP contribution in [0.1, 0.15) is 31.7 Å². The first-order chi connectivity index (χ1) is 17.3. The van der Waals surface area contributed by atoms with Crippen molar-refractivity contribution in [3.05, 3.63) is 66.2 Å². The van der Waals surface area contributed by atoms with E-state index in [-0.39, 0.29) is 12.5 Å². The van der Waals surface area contributed by atoms with Crippen LogP contribution in [0.5, 0.6) is 0 Å². The molecule has 8 nitrogen and oxygen atoms in total. The van der Waals surface area contributed by atoms with Crippen LogP contribution < -0.4 is 20.0 Å². The van der Waals surface area contributed by atoms with E-state index in [1.54, 1.807) is 37.1 Å². The SMILES string of the molecule is C[C@@H](/C=C/CCO)[C@]1(O)C(=O)N(C)c2ccc(N3CN(c4ccccc4)C4(CCNCC4)C3=O)cc21. The molecule has 8 heteroatoms. The lowest BCUT2D eigenvalue weighted by atomic mass is 9.82. The van der Waals surface area contributed by atoms with Crippen molar-refractivity contribution in [2.24, 2.45) is 5.92 Å². The number of para-hydroxylation sites is 1. The van der Waals surface area contributed by atoms with Gasteiger partial charge in [-0.25, -0.2) is 0 Å². The first-order valence-corrected chi connectivity index (χ1v) is 12.6. The van der Waals surface area contributed by atoms with Gasteiger partial charge < -0.3 is 25.3 Å². The van der Waals surface area contributed by atoms with E-state index in [0.717, 1.165) is 18.8 Å². The van der Waals surface area contributed by atoms with Gasteiger partial charge >= 0.3 is 0 Å². The van der Waals surface area contributed by atoms with Gasteiger partial charge in [-0.3, -0.25) is 14.5 Å². The number of anilines is 3. The molecule has 0 radical (unpaired) electrons. The highest BCUT2D eigenvalue weighted by Crippen LogP contribution is 2.47. The second kappa shape index (κ2) is 9.35. The van der Waals surface area contributed by atoms with E-state index in [2.05, 4.69) is 10.2 Å². The smallest absolute Gasteiger partial charge is 0.264 e. The highest BCUT2D eigenvalue weighted by molar-refractivity contribution is 6.09. The molecule has 2 amide bonds. The van der Waals surface area contributed by atoms with Gasteiger partial charge in [-0.15, -0.1) is 0 Å². The van der Waals surface area contributed by atoms with E-state index >= 15 is 0 Å². The maximum atomic E-state index is 14.0. The number of carbonyl (C=O) groups is 2. The van der Waals surface area contributed by atoms with Gasteiger partial charge in [0.25, 0.3) is 11.8 Å². The third kappa shape index (κ3) is 3.63. The number of aliphatic hydroxyl groups excluding tert-OH is 1. The van der Waals surface area contributed by atoms with E-state index in [4.69, 9.17) is 5.11 Å². The first kappa shape index (κ1) is 24.5. The second-order valence-electron chi connectivity index (χ2n) is 9.98. The molecule has 2 aromatic carbocycles. The third-order valence-corrected chi connectivity index (χ3v) is 8.02. The number of nitrogens with zero attached hydrogens (tertiary/aromatic N) is 3. The Balaban J connectivity index is 1.55. The molecule has 5 rings (SSSR count). The van der Waals surface area contributed by atoms with Crippen LogP contribution in [0.25, 0.3) is 0 Å². The van der Waals surface area contributed by atoms with Gasteiger partial charge in [0.2, 0.25) is 0 Å². The zero-order chi connectivity index (χ0) is 25.5. The van der Waals surface area contributed by atoms with Gasteiger partial charge in [0, 0.05) is 36.5 Å². The number of likely N-dealkylation sites (N-methyl/N-ethyl adjacent to an activating group) is 1. The zero-order valence-corrected chi connectivity index (χ0v) is 20.9. The van der Waals surface area contributed by atoms with E-state index < -0.39 is 23.0 Å². The predicted octanol–water partition coefficient (Wildman–Crippen LogP) is 2.36. The Morgan fingerprint density at radius 2 is 1.78 bits per heavy atom. The number of amides is 2. The lowest BCUT2D eigenvalue weighted by Crippen LogP contribution is -2.55. The molecule has 36 heavy (non-hydrogen) atoms. The Morgan fingerprint density at radius 3 is 2.47 bits per heavy atom. The highest BCUT2D eigenvalue weighted by atomic mass is 16.3. The molecule has 3 aliphatic heterocycles. The van der Waals surface area contributed by atoms with Crippen molar-refractivity contribution in [3.63, 3.8) is 0 Å². The molecular formula is C28H34N4O4. The average Bonchev–Trinajstić information content (AvgIpc) is 3.29. The summed E-state index contributed by atoms with van der Waals surface area (Å²) < 4.78 is 0. The van der Waals surface area contributed by atoms with Crippen molar-refractivity contribution in [1.29, 1.82) is 0 Å². The number of piperidine rings is 1. The Bertz CT molecular complexity index is 1180. The molecule has 0 saturated carbocycles. The summed E-state index contributed by atoms with van der Waals surface area (Å²) in [4.78, 5) is 32.7. The molecule has 0 aromatic heterocycles. The maximum absolute atomic E-state index is 14.0. The molecule has 0 unspecified atom stereocenters. The van der Waals surface area contributed by atoms with Crippen LogP contribution in [-0.4, -0.2) is 61.0 Å². The minimum absolute atomic E-state index is 0.00247. The molecular weight excluding hydrogens is 456 g/mol. The van der Waals surface area contributed by atoms with Crippen LogP contribution in [-0.2, 0) is 15.2 Å². The lowest BCUT2D eigenvalue weighted by Gasteiger charge is -2.39. The number of carbonyl (C=O) groups excluding carboxylic acids is 2. The van der Waals surface area contributed by atoms with Crippen LogP contribution in [0, 0.1) is 5.92 Å². The van der Waals surface area contributed by atoms with Gasteiger partial charge in [0.1, 0.15) is 5.54 Å². The summed E-state index contributed by atoms with van der Waals surface area (Å²) >= 11 is 0. The van der Waals surface area contributed by atoms with Crippen LogP contribution in [0.15, 0.2) is 60.7 Å². The summed E-state index contributed by atoms with van der Waals surface area (Å²) in [6, 6.07) is 15.5. The van der Waals surface area contributed by atoms with Crippen LogP contribution >= 0.6 is 0 Å². The van der Waals surface area contributed by atoms with Crippen LogP contribution in [0.2, 0.25) is 0 Å². The molecule has 1 spiro atoms. The fourth-order valence-electron chi connectivity index (χ4n) is 5.89. The molecule has 3 heterocycles. The summed E-state index contributed by atoms with van der Waals surface area (Å²) in [5, 5.41) is 24.2. The monoisotopic (exact) mass is 490 g/mol. The van der Waals surface area contributed by atoms with Crippen molar-refractivity contribution in [2.75, 3.05) is 48.1 Å². The standard InChI is InChI=1S/C28H34N4O4/c1-20(8-6-7-17-33)28(36)23-18-22(11-12-24(23)30(2)26(28)35)31-19-32(21-9-4-3-5-10-21)27(25(31)34)13-15-29-16-14-27/h3-6,8-12,18,20,29,33,36H,7,13-17,19H2,1-2H3/b8-6+/t20-,28+/m0/s1. The number of nitrogens with one attached hydrogen (secondary N) is 1. The number of hydrogen-bond donors (Lipinski definition) is 3. The molecule has 3 aliphatic rings. The maximum Gasteiger partial charge on any atom is 0.264 e. The van der Waals surface area contributed by atoms with E-state index in [1.165, 1.54) is 4.90 Å². The predicted molar refractivity (Wildman–Crippen MR) is 140 cm³/mol. The summed E-state index contributed by atoms with van der Waals surface area (Å²) in [6.07, 6.45) is 5.41. The summed E-state index contributed by atoms with van der Waals surface area (Å²) in [6.45, 7) is 3.73. The number of aliphatic hydroxyl groups is 2. The summed E-state index contributed by atoms with van der Waals surface area (Å²) in [5.41, 5.74) is 0.430. The van der Waals surface area contributed by atoms with Crippen LogP contribution in [0.4, 0.5) is 17.1 Å². The average molecular weight is 491 g/mol. The molecule has 3 N–H and O–H groups in total. The quantitative estimate of drug-likeness (QED) is 0.538. The fourth-order valence-corrected chi connectivity index (χ4v) is 5.89. The van der Waals surface area contributed by atoms with Gasteiger partial charge in [-0.05, 0) is 62.7 Å². The molecule has 2 fully saturated rings. The van der Waals surface area contributed by atoms with Crippen molar-refractivity contribution in [1.82, 2.24) is 5.32 Å². The van der Waals surface area contributed by atoms with Crippen molar-refractivity contribution >= 4 is 28.9 Å². The van der Waals surface area contributed by atoms with E-state index in [0.29, 0.717) is 42.9 Å². The van der Waals surface area contributed by atoms with Crippen LogP contribution in [0.3, 0.4) is 0 Å². The first-order valence-electron chi connectivity index (χ1n) is 12.6. The van der Waals surface area contributed by atoms with Crippen molar-refractivity contribution in [2.45, 2.75) is 37.3 Å². The Labute approximate surface area is 211 Å². The molecule has 2 saturated heterocycles. The molecule has 0 bridgehead atoms.